The van der Waals surface area contributed by atoms with Crippen molar-refractivity contribution in [1.29, 1.82) is 0 Å². The van der Waals surface area contributed by atoms with Gasteiger partial charge in [0.25, 0.3) is 0 Å². The molecule has 0 aliphatic carbocycles. The standard InChI is InChI=1S/C24H27FN4O2Si/c1-29-22(9-10-28-29)20-13-18(17-5-7-19(25)8-6-17)14-21-23(20)26-15-27-24(21)31-16-30-11-12-32(2,3)4/h5-10,13-15H,11-12,16H2,1-4H3. The van der Waals surface area contributed by atoms with E-state index in [1.54, 1.807) is 23.0 Å². The number of ether oxygens (including phenoxy) is 2. The van der Waals surface area contributed by atoms with Crippen LogP contribution >= 0.6 is 0 Å². The molecule has 0 bridgehead atoms. The molecule has 0 unspecified atom stereocenters. The highest BCUT2D eigenvalue weighted by Gasteiger charge is 2.16. The highest BCUT2D eigenvalue weighted by atomic mass is 28.3. The Kier molecular flexibility index (Phi) is 6.34. The second-order valence-electron chi connectivity index (χ2n) is 8.93. The molecule has 2 aromatic heterocycles. The molecule has 0 aliphatic heterocycles. The minimum absolute atomic E-state index is 0.123. The summed E-state index contributed by atoms with van der Waals surface area (Å²) in [7, 11) is 0.722. The highest BCUT2D eigenvalue weighted by molar-refractivity contribution is 6.76. The number of fused-ring (bicyclic) bond motifs is 1. The van der Waals surface area contributed by atoms with Crippen LogP contribution in [0.5, 0.6) is 5.88 Å². The molecule has 2 heterocycles. The Hall–Kier alpha value is -3.10. The fraction of sp³-hybridized carbons (Fsp3) is 0.292. The Morgan fingerprint density at radius 2 is 1.78 bits per heavy atom. The third-order valence-corrected chi connectivity index (χ3v) is 6.96. The molecule has 8 heteroatoms. The van der Waals surface area contributed by atoms with E-state index in [9.17, 15) is 4.39 Å². The van der Waals surface area contributed by atoms with Gasteiger partial charge >= 0.3 is 0 Å². The third-order valence-electron chi connectivity index (χ3n) is 5.25. The van der Waals surface area contributed by atoms with E-state index in [2.05, 4.69) is 34.7 Å². The maximum Gasteiger partial charge on any atom is 0.226 e. The first-order valence-corrected chi connectivity index (χ1v) is 14.3. The molecule has 0 N–H and O–H groups in total. The van der Waals surface area contributed by atoms with E-state index in [1.165, 1.54) is 18.5 Å². The highest BCUT2D eigenvalue weighted by Crippen LogP contribution is 2.35. The molecule has 4 rings (SSSR count). The summed E-state index contributed by atoms with van der Waals surface area (Å²) in [5.41, 5.74) is 4.36. The third kappa shape index (κ3) is 5.03. The monoisotopic (exact) mass is 450 g/mol. The van der Waals surface area contributed by atoms with Crippen LogP contribution in [0.1, 0.15) is 0 Å². The van der Waals surface area contributed by atoms with Crippen molar-refractivity contribution in [3.8, 4) is 28.3 Å². The number of rotatable bonds is 8. The van der Waals surface area contributed by atoms with Crippen LogP contribution in [0.2, 0.25) is 25.7 Å². The zero-order valence-electron chi connectivity index (χ0n) is 18.8. The van der Waals surface area contributed by atoms with Crippen LogP contribution in [0.4, 0.5) is 4.39 Å². The van der Waals surface area contributed by atoms with Gasteiger partial charge in [0.05, 0.1) is 16.6 Å². The predicted octanol–water partition coefficient (Wildman–Crippen LogP) is 5.53. The van der Waals surface area contributed by atoms with Crippen molar-refractivity contribution in [2.24, 2.45) is 7.05 Å². The molecule has 4 aromatic rings. The molecule has 0 spiro atoms. The number of aromatic nitrogens is 4. The molecule has 0 saturated heterocycles. The predicted molar refractivity (Wildman–Crippen MR) is 127 cm³/mol. The second kappa shape index (κ2) is 9.18. The second-order valence-corrected chi connectivity index (χ2v) is 14.5. The molecule has 0 atom stereocenters. The van der Waals surface area contributed by atoms with Gasteiger partial charge in [-0.3, -0.25) is 4.68 Å². The summed E-state index contributed by atoms with van der Waals surface area (Å²) in [6.45, 7) is 7.72. The summed E-state index contributed by atoms with van der Waals surface area (Å²) < 4.78 is 26.9. The lowest BCUT2D eigenvalue weighted by Crippen LogP contribution is -2.22. The number of benzene rings is 2. The fourth-order valence-corrected chi connectivity index (χ4v) is 4.19. The van der Waals surface area contributed by atoms with Gasteiger partial charge in [-0.15, -0.1) is 0 Å². The molecular formula is C24H27FN4O2Si. The molecule has 2 aromatic carbocycles. The Morgan fingerprint density at radius 3 is 2.47 bits per heavy atom. The number of hydrogen-bond acceptors (Lipinski definition) is 5. The van der Waals surface area contributed by atoms with Crippen molar-refractivity contribution in [1.82, 2.24) is 19.7 Å². The minimum atomic E-state index is -1.16. The van der Waals surface area contributed by atoms with Crippen LogP contribution < -0.4 is 4.74 Å². The average Bonchev–Trinajstić information content (AvgIpc) is 3.18. The van der Waals surface area contributed by atoms with Gasteiger partial charge in [0.15, 0.2) is 6.79 Å². The van der Waals surface area contributed by atoms with Crippen molar-refractivity contribution in [2.45, 2.75) is 25.7 Å². The van der Waals surface area contributed by atoms with Gasteiger partial charge in [0.1, 0.15) is 12.1 Å². The normalized spacial score (nSPS) is 11.8. The van der Waals surface area contributed by atoms with Crippen molar-refractivity contribution in [3.05, 3.63) is 60.8 Å². The Morgan fingerprint density at radius 1 is 1.00 bits per heavy atom. The maximum atomic E-state index is 13.5. The Bertz CT molecular complexity index is 1220. The van der Waals surface area contributed by atoms with E-state index in [-0.39, 0.29) is 12.6 Å². The fourth-order valence-electron chi connectivity index (χ4n) is 3.44. The molecule has 0 fully saturated rings. The average molecular weight is 451 g/mol. The summed E-state index contributed by atoms with van der Waals surface area (Å²) in [5.74, 6) is 0.180. The topological polar surface area (TPSA) is 62.1 Å². The first-order chi connectivity index (χ1) is 15.3. The van der Waals surface area contributed by atoms with Gasteiger partial charge in [0.2, 0.25) is 5.88 Å². The quantitative estimate of drug-likeness (QED) is 0.201. The van der Waals surface area contributed by atoms with E-state index in [0.29, 0.717) is 12.5 Å². The van der Waals surface area contributed by atoms with E-state index < -0.39 is 8.07 Å². The van der Waals surface area contributed by atoms with Gasteiger partial charge in [0, 0.05) is 33.5 Å². The first kappa shape index (κ1) is 22.1. The Balaban J connectivity index is 1.73. The smallest absolute Gasteiger partial charge is 0.226 e. The SMILES string of the molecule is Cn1nccc1-c1cc(-c2ccc(F)cc2)cc2c(OCOCC[Si](C)(C)C)ncnc12. The summed E-state index contributed by atoms with van der Waals surface area (Å²) >= 11 is 0. The number of halogens is 1. The van der Waals surface area contributed by atoms with Crippen LogP contribution in [0, 0.1) is 5.82 Å². The lowest BCUT2D eigenvalue weighted by molar-refractivity contribution is 0.0203. The van der Waals surface area contributed by atoms with Gasteiger partial charge < -0.3 is 9.47 Å². The minimum Gasteiger partial charge on any atom is -0.450 e. The van der Waals surface area contributed by atoms with Crippen molar-refractivity contribution < 1.29 is 13.9 Å². The Labute approximate surface area is 188 Å². The summed E-state index contributed by atoms with van der Waals surface area (Å²) in [6, 6.07) is 13.4. The van der Waals surface area contributed by atoms with E-state index >= 15 is 0 Å². The van der Waals surface area contributed by atoms with Gasteiger partial charge in [-0.05, 0) is 47.5 Å². The van der Waals surface area contributed by atoms with Crippen LogP contribution in [0.15, 0.2) is 55.0 Å². The molecule has 6 nitrogen and oxygen atoms in total. The van der Waals surface area contributed by atoms with Crippen LogP contribution in [0.25, 0.3) is 33.3 Å². The van der Waals surface area contributed by atoms with Crippen LogP contribution in [-0.4, -0.2) is 41.2 Å². The summed E-state index contributed by atoms with van der Waals surface area (Å²) in [4.78, 5) is 8.90. The largest absolute Gasteiger partial charge is 0.450 e. The van der Waals surface area contributed by atoms with Crippen LogP contribution in [-0.2, 0) is 11.8 Å². The van der Waals surface area contributed by atoms with Crippen LogP contribution in [0.3, 0.4) is 0 Å². The maximum absolute atomic E-state index is 13.5. The van der Waals surface area contributed by atoms with E-state index in [4.69, 9.17) is 9.47 Å². The molecule has 0 radical (unpaired) electrons. The van der Waals surface area contributed by atoms with Gasteiger partial charge in [-0.1, -0.05) is 31.8 Å². The molecule has 166 valence electrons. The molecule has 0 aliphatic rings. The summed E-state index contributed by atoms with van der Waals surface area (Å²) in [6.07, 6.45) is 3.24. The molecule has 32 heavy (non-hydrogen) atoms. The molecular weight excluding hydrogens is 423 g/mol. The number of nitrogens with zero attached hydrogens (tertiary/aromatic N) is 4. The van der Waals surface area contributed by atoms with E-state index in [1.807, 2.05) is 25.2 Å². The molecule has 0 amide bonds. The van der Waals surface area contributed by atoms with E-state index in [0.717, 1.165) is 39.3 Å². The van der Waals surface area contributed by atoms with Gasteiger partial charge in [-0.25, -0.2) is 14.4 Å². The zero-order chi connectivity index (χ0) is 22.7. The van der Waals surface area contributed by atoms with Crippen molar-refractivity contribution in [2.75, 3.05) is 13.4 Å². The number of aryl methyl sites for hydroxylation is 1. The van der Waals surface area contributed by atoms with Crippen molar-refractivity contribution >= 4 is 19.0 Å². The summed E-state index contributed by atoms with van der Waals surface area (Å²) in [5, 5.41) is 5.07. The molecule has 0 saturated carbocycles. The number of hydrogen-bond donors (Lipinski definition) is 0. The zero-order valence-corrected chi connectivity index (χ0v) is 19.8. The van der Waals surface area contributed by atoms with Crippen molar-refractivity contribution in [3.63, 3.8) is 0 Å². The lowest BCUT2D eigenvalue weighted by Gasteiger charge is -2.16. The lowest BCUT2D eigenvalue weighted by atomic mass is 9.98. The van der Waals surface area contributed by atoms with Gasteiger partial charge in [-0.2, -0.15) is 5.10 Å². The first-order valence-electron chi connectivity index (χ1n) is 10.6.